The third kappa shape index (κ3) is 5.00. The van der Waals surface area contributed by atoms with Crippen LogP contribution in [0.1, 0.15) is 75.4 Å². The Morgan fingerprint density at radius 1 is 1.07 bits per heavy atom. The molecule has 2 aliphatic heterocycles. The molecule has 0 spiro atoms. The Kier molecular flexibility index (Phi) is 6.53. The Hall–Kier alpha value is -1.89. The predicted octanol–water partition coefficient (Wildman–Crippen LogP) is 2.93. The number of urea groups is 1. The number of nitrogens with zero attached hydrogens (tertiary/aromatic N) is 3. The summed E-state index contributed by atoms with van der Waals surface area (Å²) in [6, 6.07) is 0.320. The van der Waals surface area contributed by atoms with Crippen LogP contribution in [0.5, 0.6) is 0 Å². The molecule has 1 saturated carbocycles. The number of hydrogen-bond donors (Lipinski definition) is 2. The van der Waals surface area contributed by atoms with Crippen molar-refractivity contribution in [3.8, 4) is 0 Å². The van der Waals surface area contributed by atoms with Crippen molar-refractivity contribution in [2.75, 3.05) is 31.2 Å². The minimum atomic E-state index is -0.0602. The van der Waals surface area contributed by atoms with Crippen molar-refractivity contribution in [3.05, 3.63) is 17.1 Å². The first-order valence-corrected chi connectivity index (χ1v) is 11.4. The van der Waals surface area contributed by atoms with Crippen molar-refractivity contribution in [2.24, 2.45) is 0 Å². The molecule has 1 aromatic heterocycles. The zero-order valence-corrected chi connectivity index (χ0v) is 17.9. The fourth-order valence-electron chi connectivity index (χ4n) is 4.80. The lowest BCUT2D eigenvalue weighted by atomic mass is 10.0. The molecule has 0 radical (unpaired) electrons. The maximum Gasteiger partial charge on any atom is 0.315 e. The van der Waals surface area contributed by atoms with Gasteiger partial charge in [-0.05, 0) is 39.5 Å². The molecule has 0 bridgehead atoms. The molecule has 2 amide bonds. The predicted molar refractivity (Wildman–Crippen MR) is 114 cm³/mol. The summed E-state index contributed by atoms with van der Waals surface area (Å²) in [5, 5.41) is 6.04. The molecule has 7 nitrogen and oxygen atoms in total. The van der Waals surface area contributed by atoms with E-state index in [1.54, 1.807) is 0 Å². The summed E-state index contributed by atoms with van der Waals surface area (Å²) in [6.07, 6.45) is 8.68. The van der Waals surface area contributed by atoms with Crippen LogP contribution < -0.4 is 15.5 Å². The van der Waals surface area contributed by atoms with E-state index >= 15 is 0 Å². The summed E-state index contributed by atoms with van der Waals surface area (Å²) in [7, 11) is 0. The molecule has 160 valence electrons. The highest BCUT2D eigenvalue weighted by Crippen LogP contribution is 2.35. The number of nitrogens with one attached hydrogen (secondary N) is 2. The van der Waals surface area contributed by atoms with Crippen LogP contribution in [0, 0.1) is 0 Å². The van der Waals surface area contributed by atoms with Gasteiger partial charge in [-0.1, -0.05) is 12.8 Å². The number of anilines is 1. The summed E-state index contributed by atoms with van der Waals surface area (Å²) in [6.45, 7) is 7.30. The summed E-state index contributed by atoms with van der Waals surface area (Å²) < 4.78 is 5.74. The molecule has 7 heteroatoms. The van der Waals surface area contributed by atoms with Crippen LogP contribution in [0.4, 0.5) is 10.6 Å². The SMILES string of the molecule is CC(C)NC(=O)NC1CCN(c2nc(C3CCCC3)nc3c2CCOCC3)CC1. The van der Waals surface area contributed by atoms with Crippen molar-refractivity contribution < 1.29 is 9.53 Å². The number of rotatable bonds is 4. The van der Waals surface area contributed by atoms with Gasteiger partial charge in [-0.3, -0.25) is 0 Å². The van der Waals surface area contributed by atoms with Gasteiger partial charge in [-0.2, -0.15) is 0 Å². The molecule has 2 fully saturated rings. The van der Waals surface area contributed by atoms with E-state index in [0.29, 0.717) is 5.92 Å². The Bertz CT molecular complexity index is 709. The smallest absolute Gasteiger partial charge is 0.315 e. The fourth-order valence-corrected chi connectivity index (χ4v) is 4.80. The van der Waals surface area contributed by atoms with Gasteiger partial charge in [0.1, 0.15) is 11.6 Å². The zero-order valence-electron chi connectivity index (χ0n) is 17.9. The number of aromatic nitrogens is 2. The lowest BCUT2D eigenvalue weighted by Crippen LogP contribution is -2.49. The number of carbonyl (C=O) groups excluding carboxylic acids is 1. The summed E-state index contributed by atoms with van der Waals surface area (Å²) in [5.74, 6) is 2.70. The highest BCUT2D eigenvalue weighted by molar-refractivity contribution is 5.74. The third-order valence-electron chi connectivity index (χ3n) is 6.34. The van der Waals surface area contributed by atoms with E-state index in [1.807, 2.05) is 13.8 Å². The molecule has 1 aliphatic carbocycles. The standard InChI is InChI=1S/C22H35N5O2/c1-15(2)23-22(28)24-17-7-11-27(12-8-17)21-18-9-13-29-14-10-19(18)25-20(26-21)16-5-3-4-6-16/h15-17H,3-14H2,1-2H3,(H2,23,24,28). The number of ether oxygens (including phenoxy) is 1. The van der Waals surface area contributed by atoms with E-state index in [4.69, 9.17) is 14.7 Å². The van der Waals surface area contributed by atoms with E-state index < -0.39 is 0 Å². The lowest BCUT2D eigenvalue weighted by Gasteiger charge is -2.35. The van der Waals surface area contributed by atoms with Gasteiger partial charge in [-0.15, -0.1) is 0 Å². The van der Waals surface area contributed by atoms with Gasteiger partial charge in [-0.25, -0.2) is 14.8 Å². The number of piperidine rings is 1. The van der Waals surface area contributed by atoms with Crippen LogP contribution in [0.3, 0.4) is 0 Å². The second kappa shape index (κ2) is 9.28. The first-order valence-electron chi connectivity index (χ1n) is 11.4. The number of fused-ring (bicyclic) bond motifs is 1. The van der Waals surface area contributed by atoms with E-state index in [9.17, 15) is 4.79 Å². The van der Waals surface area contributed by atoms with Crippen molar-refractivity contribution >= 4 is 11.8 Å². The van der Waals surface area contributed by atoms with Crippen molar-refractivity contribution in [1.82, 2.24) is 20.6 Å². The van der Waals surface area contributed by atoms with Crippen LogP contribution in [-0.4, -0.2) is 54.4 Å². The van der Waals surface area contributed by atoms with Crippen LogP contribution in [0.15, 0.2) is 0 Å². The highest BCUT2D eigenvalue weighted by atomic mass is 16.5. The molecule has 0 unspecified atom stereocenters. The Labute approximate surface area is 174 Å². The number of carbonyl (C=O) groups is 1. The maximum absolute atomic E-state index is 12.0. The van der Waals surface area contributed by atoms with Crippen LogP contribution in [0.25, 0.3) is 0 Å². The maximum atomic E-state index is 12.0. The zero-order chi connectivity index (χ0) is 20.2. The van der Waals surface area contributed by atoms with Gasteiger partial charge < -0.3 is 20.3 Å². The van der Waals surface area contributed by atoms with E-state index in [1.165, 1.54) is 36.9 Å². The van der Waals surface area contributed by atoms with E-state index in [-0.39, 0.29) is 18.1 Å². The first kappa shape index (κ1) is 20.4. The molecular weight excluding hydrogens is 366 g/mol. The van der Waals surface area contributed by atoms with Crippen molar-refractivity contribution in [2.45, 2.75) is 83.2 Å². The second-order valence-corrected chi connectivity index (χ2v) is 8.96. The Morgan fingerprint density at radius 2 is 1.79 bits per heavy atom. The number of hydrogen-bond acceptors (Lipinski definition) is 5. The topological polar surface area (TPSA) is 79.4 Å². The molecule has 0 atom stereocenters. The van der Waals surface area contributed by atoms with Gasteiger partial charge in [0.05, 0.1) is 18.9 Å². The fraction of sp³-hybridized carbons (Fsp3) is 0.773. The quantitative estimate of drug-likeness (QED) is 0.811. The number of amides is 2. The van der Waals surface area contributed by atoms with Gasteiger partial charge in [0, 0.05) is 49.5 Å². The largest absolute Gasteiger partial charge is 0.381 e. The molecule has 0 aromatic carbocycles. The Morgan fingerprint density at radius 3 is 2.52 bits per heavy atom. The molecule has 1 aromatic rings. The third-order valence-corrected chi connectivity index (χ3v) is 6.34. The summed E-state index contributed by atoms with van der Waals surface area (Å²) in [4.78, 5) is 24.6. The molecule has 2 N–H and O–H groups in total. The van der Waals surface area contributed by atoms with Crippen LogP contribution in [0.2, 0.25) is 0 Å². The van der Waals surface area contributed by atoms with Gasteiger partial charge >= 0.3 is 6.03 Å². The highest BCUT2D eigenvalue weighted by Gasteiger charge is 2.28. The minimum absolute atomic E-state index is 0.0602. The molecule has 1 saturated heterocycles. The average molecular weight is 402 g/mol. The average Bonchev–Trinajstić information content (AvgIpc) is 3.13. The van der Waals surface area contributed by atoms with Crippen molar-refractivity contribution in [1.29, 1.82) is 0 Å². The molecule has 29 heavy (non-hydrogen) atoms. The van der Waals surface area contributed by atoms with E-state index in [2.05, 4.69) is 15.5 Å². The second-order valence-electron chi connectivity index (χ2n) is 8.96. The molecular formula is C22H35N5O2. The molecule has 4 rings (SSSR count). The summed E-state index contributed by atoms with van der Waals surface area (Å²) in [5.41, 5.74) is 2.49. The Balaban J connectivity index is 1.49. The normalized spacial score (nSPS) is 21.1. The molecule has 3 heterocycles. The minimum Gasteiger partial charge on any atom is -0.381 e. The summed E-state index contributed by atoms with van der Waals surface area (Å²) >= 11 is 0. The first-order chi connectivity index (χ1) is 14.1. The lowest BCUT2D eigenvalue weighted by molar-refractivity contribution is 0.146. The van der Waals surface area contributed by atoms with Gasteiger partial charge in [0.15, 0.2) is 0 Å². The molecule has 3 aliphatic rings. The van der Waals surface area contributed by atoms with Crippen LogP contribution in [-0.2, 0) is 17.6 Å². The van der Waals surface area contributed by atoms with Crippen molar-refractivity contribution in [3.63, 3.8) is 0 Å². The van der Waals surface area contributed by atoms with Gasteiger partial charge in [0.25, 0.3) is 0 Å². The van der Waals surface area contributed by atoms with E-state index in [0.717, 1.165) is 63.6 Å². The van der Waals surface area contributed by atoms with Gasteiger partial charge in [0.2, 0.25) is 0 Å². The van der Waals surface area contributed by atoms with Crippen LogP contribution >= 0.6 is 0 Å². The monoisotopic (exact) mass is 401 g/mol.